The van der Waals surface area contributed by atoms with Crippen LogP contribution in [-0.2, 0) is 7.05 Å². The molecular weight excluding hydrogens is 156 g/mol. The van der Waals surface area contributed by atoms with Crippen molar-refractivity contribution in [2.24, 2.45) is 7.05 Å². The Labute approximate surface area is 70.1 Å². The third kappa shape index (κ3) is 1.09. The van der Waals surface area contributed by atoms with Crippen molar-refractivity contribution in [2.45, 2.75) is 12.8 Å². The van der Waals surface area contributed by atoms with Crippen molar-refractivity contribution in [2.75, 3.05) is 6.61 Å². The van der Waals surface area contributed by atoms with Crippen LogP contribution in [0.3, 0.4) is 0 Å². The average Bonchev–Trinajstić information content (AvgIpc) is 2.33. The lowest BCUT2D eigenvalue weighted by atomic mass is 10.1. The van der Waals surface area contributed by atoms with E-state index in [2.05, 4.69) is 5.10 Å². The van der Waals surface area contributed by atoms with Crippen LogP contribution in [0, 0.1) is 0 Å². The van der Waals surface area contributed by atoms with Crippen molar-refractivity contribution >= 4 is 5.78 Å². The van der Waals surface area contributed by atoms with E-state index in [1.807, 2.05) is 0 Å². The van der Waals surface area contributed by atoms with Crippen LogP contribution < -0.4 is 4.74 Å². The van der Waals surface area contributed by atoms with E-state index in [9.17, 15) is 4.79 Å². The molecular formula is C8H10N2O2. The van der Waals surface area contributed by atoms with Gasteiger partial charge in [-0.05, 0) is 6.42 Å². The van der Waals surface area contributed by atoms with Crippen molar-refractivity contribution in [3.05, 3.63) is 11.8 Å². The van der Waals surface area contributed by atoms with Gasteiger partial charge in [0.1, 0.15) is 0 Å². The molecule has 0 fully saturated rings. The third-order valence-electron chi connectivity index (χ3n) is 1.88. The molecule has 12 heavy (non-hydrogen) atoms. The molecule has 0 radical (unpaired) electrons. The Hall–Kier alpha value is -1.32. The van der Waals surface area contributed by atoms with Crippen molar-refractivity contribution in [3.63, 3.8) is 0 Å². The van der Waals surface area contributed by atoms with Crippen LogP contribution in [0.25, 0.3) is 0 Å². The number of hydrogen-bond acceptors (Lipinski definition) is 3. The smallest absolute Gasteiger partial charge is 0.243 e. The minimum absolute atomic E-state index is 0.135. The number of ketones is 1. The SMILES string of the molecule is Cn1cc2c(n1)OCCCC2=O. The highest BCUT2D eigenvalue weighted by atomic mass is 16.5. The summed E-state index contributed by atoms with van der Waals surface area (Å²) in [5.41, 5.74) is 0.620. The van der Waals surface area contributed by atoms with Gasteiger partial charge in [-0.25, -0.2) is 0 Å². The van der Waals surface area contributed by atoms with E-state index in [1.165, 1.54) is 0 Å². The number of fused-ring (bicyclic) bond motifs is 1. The second-order valence-corrected chi connectivity index (χ2v) is 2.90. The maximum Gasteiger partial charge on any atom is 0.243 e. The summed E-state index contributed by atoms with van der Waals surface area (Å²) in [6, 6.07) is 0. The molecule has 0 spiro atoms. The van der Waals surface area contributed by atoms with E-state index in [4.69, 9.17) is 4.74 Å². The fraction of sp³-hybridized carbons (Fsp3) is 0.500. The molecule has 4 heteroatoms. The molecule has 1 aromatic rings. The second-order valence-electron chi connectivity index (χ2n) is 2.90. The molecule has 0 N–H and O–H groups in total. The summed E-state index contributed by atoms with van der Waals surface area (Å²) < 4.78 is 6.89. The van der Waals surface area contributed by atoms with Gasteiger partial charge in [-0.3, -0.25) is 9.48 Å². The van der Waals surface area contributed by atoms with Crippen molar-refractivity contribution in [1.29, 1.82) is 0 Å². The van der Waals surface area contributed by atoms with Crippen molar-refractivity contribution in [1.82, 2.24) is 9.78 Å². The molecule has 0 amide bonds. The molecule has 2 heterocycles. The van der Waals surface area contributed by atoms with Gasteiger partial charge in [0.15, 0.2) is 5.78 Å². The maximum atomic E-state index is 11.4. The first kappa shape index (κ1) is 7.34. The highest BCUT2D eigenvalue weighted by molar-refractivity contribution is 5.98. The molecule has 1 aliphatic heterocycles. The van der Waals surface area contributed by atoms with Crippen molar-refractivity contribution < 1.29 is 9.53 Å². The van der Waals surface area contributed by atoms with Gasteiger partial charge in [-0.1, -0.05) is 0 Å². The molecule has 0 atom stereocenters. The highest BCUT2D eigenvalue weighted by Gasteiger charge is 2.19. The van der Waals surface area contributed by atoms with Crippen LogP contribution >= 0.6 is 0 Å². The quantitative estimate of drug-likeness (QED) is 0.572. The van der Waals surface area contributed by atoms with Crippen LogP contribution in [0.2, 0.25) is 0 Å². The lowest BCUT2D eigenvalue weighted by molar-refractivity contribution is 0.0983. The van der Waals surface area contributed by atoms with Crippen LogP contribution in [-0.4, -0.2) is 22.2 Å². The molecule has 2 rings (SSSR count). The van der Waals surface area contributed by atoms with Gasteiger partial charge in [-0.2, -0.15) is 0 Å². The molecule has 1 aromatic heterocycles. The Morgan fingerprint density at radius 2 is 2.50 bits per heavy atom. The van der Waals surface area contributed by atoms with Gasteiger partial charge in [0, 0.05) is 19.7 Å². The molecule has 0 aliphatic carbocycles. The van der Waals surface area contributed by atoms with Gasteiger partial charge in [0.25, 0.3) is 0 Å². The van der Waals surface area contributed by atoms with Crippen LogP contribution in [0.1, 0.15) is 23.2 Å². The predicted octanol–water partition coefficient (Wildman–Crippen LogP) is 0.775. The predicted molar refractivity (Wildman–Crippen MR) is 42.3 cm³/mol. The molecule has 4 nitrogen and oxygen atoms in total. The van der Waals surface area contributed by atoms with Crippen LogP contribution in [0.4, 0.5) is 0 Å². The third-order valence-corrected chi connectivity index (χ3v) is 1.88. The normalized spacial score (nSPS) is 16.6. The number of aromatic nitrogens is 2. The molecule has 0 unspecified atom stereocenters. The van der Waals surface area contributed by atoms with Gasteiger partial charge in [-0.15, -0.1) is 5.10 Å². The molecule has 1 aliphatic rings. The fourth-order valence-corrected chi connectivity index (χ4v) is 1.30. The summed E-state index contributed by atoms with van der Waals surface area (Å²) >= 11 is 0. The van der Waals surface area contributed by atoms with Gasteiger partial charge < -0.3 is 4.74 Å². The molecule has 0 bridgehead atoms. The highest BCUT2D eigenvalue weighted by Crippen LogP contribution is 2.21. The number of carbonyl (C=O) groups is 1. The lowest BCUT2D eigenvalue weighted by Gasteiger charge is -1.96. The molecule has 0 saturated heterocycles. The summed E-state index contributed by atoms with van der Waals surface area (Å²) in [7, 11) is 1.78. The number of carbonyl (C=O) groups excluding carboxylic acids is 1. The number of hydrogen-bond donors (Lipinski definition) is 0. The number of ether oxygens (including phenoxy) is 1. The lowest BCUT2D eigenvalue weighted by Crippen LogP contribution is -1.97. The molecule has 64 valence electrons. The second kappa shape index (κ2) is 2.62. The largest absolute Gasteiger partial charge is 0.476 e. The zero-order valence-corrected chi connectivity index (χ0v) is 6.91. The summed E-state index contributed by atoms with van der Waals surface area (Å²) in [6.45, 7) is 0.593. The van der Waals surface area contributed by atoms with Crippen LogP contribution in [0.15, 0.2) is 6.20 Å². The van der Waals surface area contributed by atoms with Gasteiger partial charge in [0.2, 0.25) is 5.88 Å². The summed E-state index contributed by atoms with van der Waals surface area (Å²) in [5, 5.41) is 4.04. The molecule has 0 saturated carbocycles. The standard InChI is InChI=1S/C8H10N2O2/c1-10-5-6-7(11)3-2-4-12-8(6)9-10/h5H,2-4H2,1H3. The monoisotopic (exact) mass is 166 g/mol. The zero-order chi connectivity index (χ0) is 8.55. The number of Topliss-reactive ketones (excluding diaryl/α,β-unsaturated/α-hetero) is 1. The van der Waals surface area contributed by atoms with Gasteiger partial charge >= 0.3 is 0 Å². The van der Waals surface area contributed by atoms with Crippen molar-refractivity contribution in [3.8, 4) is 5.88 Å². The Balaban J connectivity index is 2.44. The summed E-state index contributed by atoms with van der Waals surface area (Å²) in [4.78, 5) is 11.4. The van der Waals surface area contributed by atoms with E-state index < -0.39 is 0 Å². The summed E-state index contributed by atoms with van der Waals surface area (Å²) in [5.74, 6) is 0.621. The first-order chi connectivity index (χ1) is 5.77. The Kier molecular flexibility index (Phi) is 1.60. The Morgan fingerprint density at radius 3 is 3.33 bits per heavy atom. The first-order valence-electron chi connectivity index (χ1n) is 3.97. The minimum atomic E-state index is 0.135. The topological polar surface area (TPSA) is 44.1 Å². The number of aryl methyl sites for hydroxylation is 1. The van der Waals surface area contributed by atoms with E-state index in [0.717, 1.165) is 6.42 Å². The van der Waals surface area contributed by atoms with Crippen LogP contribution in [0.5, 0.6) is 5.88 Å². The zero-order valence-electron chi connectivity index (χ0n) is 6.91. The summed E-state index contributed by atoms with van der Waals surface area (Å²) in [6.07, 6.45) is 3.07. The average molecular weight is 166 g/mol. The van der Waals surface area contributed by atoms with E-state index in [1.54, 1.807) is 17.9 Å². The van der Waals surface area contributed by atoms with E-state index in [0.29, 0.717) is 24.5 Å². The van der Waals surface area contributed by atoms with Gasteiger partial charge in [0.05, 0.1) is 12.2 Å². The Morgan fingerprint density at radius 1 is 1.67 bits per heavy atom. The number of nitrogens with zero attached hydrogens (tertiary/aromatic N) is 2. The van der Waals surface area contributed by atoms with E-state index >= 15 is 0 Å². The molecule has 0 aromatic carbocycles. The fourth-order valence-electron chi connectivity index (χ4n) is 1.30. The Bertz CT molecular complexity index is 317. The first-order valence-corrected chi connectivity index (χ1v) is 3.97. The number of rotatable bonds is 0. The van der Waals surface area contributed by atoms with E-state index in [-0.39, 0.29) is 5.78 Å². The minimum Gasteiger partial charge on any atom is -0.476 e. The maximum absolute atomic E-state index is 11.4.